The molecule has 0 spiro atoms. The van der Waals surface area contributed by atoms with Crippen molar-refractivity contribution in [3.8, 4) is 5.75 Å². The van der Waals surface area contributed by atoms with Crippen molar-refractivity contribution in [3.05, 3.63) is 23.8 Å². The van der Waals surface area contributed by atoms with E-state index >= 15 is 0 Å². The highest BCUT2D eigenvalue weighted by Gasteiger charge is 2.65. The van der Waals surface area contributed by atoms with Gasteiger partial charge in [-0.15, -0.1) is 0 Å². The molecule has 2 unspecified atom stereocenters. The number of methoxy groups -OCH3 is 1. The highest BCUT2D eigenvalue weighted by atomic mass is 19.4. The number of rotatable bonds is 11. The zero-order valence-electron chi connectivity index (χ0n) is 19.7. The molecule has 15 heteroatoms. The van der Waals surface area contributed by atoms with E-state index in [0.717, 1.165) is 7.11 Å². The Hall–Kier alpha value is -3.23. The Kier molecular flexibility index (Phi) is 9.98. The van der Waals surface area contributed by atoms with Crippen molar-refractivity contribution in [1.82, 2.24) is 5.32 Å². The van der Waals surface area contributed by atoms with Crippen LogP contribution >= 0.6 is 0 Å². The minimum atomic E-state index is -5.66. The van der Waals surface area contributed by atoms with Crippen molar-refractivity contribution in [2.24, 2.45) is 0 Å². The van der Waals surface area contributed by atoms with E-state index in [1.165, 1.54) is 26.1 Å². The molecule has 0 aliphatic heterocycles. The van der Waals surface area contributed by atoms with Gasteiger partial charge in [-0.2, -0.15) is 26.3 Å². The first-order valence-electron chi connectivity index (χ1n) is 10.5. The molecule has 1 aromatic rings. The van der Waals surface area contributed by atoms with E-state index in [0.29, 0.717) is 18.2 Å². The Balaban J connectivity index is 3.87. The van der Waals surface area contributed by atoms with Crippen molar-refractivity contribution in [2.45, 2.75) is 57.2 Å². The van der Waals surface area contributed by atoms with Gasteiger partial charge in [0.25, 0.3) is 5.60 Å². The SMILES string of the molecule is CCCC(=O)NC(Nc1cc(C(O)(C(=O)OCC)C(F)(F)F)ccc1OC)(C(=O)OCC)C(F)(F)F. The van der Waals surface area contributed by atoms with Crippen LogP contribution in [0.3, 0.4) is 0 Å². The molecule has 204 valence electrons. The van der Waals surface area contributed by atoms with Crippen LogP contribution in [0, 0.1) is 0 Å². The summed E-state index contributed by atoms with van der Waals surface area (Å²) in [6, 6.07) is 1.60. The Morgan fingerprint density at radius 2 is 1.47 bits per heavy atom. The van der Waals surface area contributed by atoms with Crippen molar-refractivity contribution < 1.29 is 60.0 Å². The van der Waals surface area contributed by atoms with Crippen LogP contribution in [-0.2, 0) is 29.5 Å². The molecule has 0 aliphatic rings. The van der Waals surface area contributed by atoms with Gasteiger partial charge in [0.1, 0.15) is 5.75 Å². The molecule has 2 atom stereocenters. The molecule has 3 N–H and O–H groups in total. The number of hydrogen-bond donors (Lipinski definition) is 3. The van der Waals surface area contributed by atoms with Crippen LogP contribution < -0.4 is 15.4 Å². The Morgan fingerprint density at radius 1 is 0.917 bits per heavy atom. The summed E-state index contributed by atoms with van der Waals surface area (Å²) >= 11 is 0. The standard InChI is InChI=1S/C21H26F6N2O7/c1-5-8-15(30)29-19(21(25,26)27,17(32)36-7-3)28-13-11-12(9-10-14(13)34-4)18(33,20(22,23)24)16(31)35-6-2/h9-11,28,33H,5-8H2,1-4H3,(H,29,30). The maximum atomic E-state index is 14.3. The lowest BCUT2D eigenvalue weighted by atomic mass is 9.92. The van der Waals surface area contributed by atoms with E-state index in [-0.39, 0.29) is 6.42 Å². The van der Waals surface area contributed by atoms with Gasteiger partial charge in [0.05, 0.1) is 26.0 Å². The number of alkyl halides is 6. The van der Waals surface area contributed by atoms with Gasteiger partial charge < -0.3 is 30.0 Å². The predicted octanol–water partition coefficient (Wildman–Crippen LogP) is 3.16. The molecular formula is C21H26F6N2O7. The monoisotopic (exact) mass is 532 g/mol. The van der Waals surface area contributed by atoms with Crippen LogP contribution in [0.5, 0.6) is 5.75 Å². The van der Waals surface area contributed by atoms with Crippen LogP contribution in [0.1, 0.15) is 39.2 Å². The fourth-order valence-electron chi connectivity index (χ4n) is 2.99. The number of benzene rings is 1. The lowest BCUT2D eigenvalue weighted by Gasteiger charge is -2.36. The van der Waals surface area contributed by atoms with Gasteiger partial charge in [0.15, 0.2) is 0 Å². The summed E-state index contributed by atoms with van der Waals surface area (Å²) < 4.78 is 97.9. The first-order chi connectivity index (χ1) is 16.5. The molecule has 0 bridgehead atoms. The second-order valence-electron chi connectivity index (χ2n) is 7.24. The van der Waals surface area contributed by atoms with Gasteiger partial charge in [-0.25, -0.2) is 9.59 Å². The third-order valence-corrected chi connectivity index (χ3v) is 4.73. The molecule has 0 heterocycles. The van der Waals surface area contributed by atoms with Gasteiger partial charge >= 0.3 is 30.0 Å². The lowest BCUT2D eigenvalue weighted by Crippen LogP contribution is -2.69. The summed E-state index contributed by atoms with van der Waals surface area (Å²) in [5.41, 5.74) is -10.5. The summed E-state index contributed by atoms with van der Waals surface area (Å²) in [6.07, 6.45) is -11.6. The Labute approximate surface area is 202 Å². The van der Waals surface area contributed by atoms with Crippen LogP contribution in [0.4, 0.5) is 32.0 Å². The number of anilines is 1. The lowest BCUT2D eigenvalue weighted by molar-refractivity contribution is -0.267. The number of esters is 2. The Bertz CT molecular complexity index is 954. The number of carbonyl (C=O) groups excluding carboxylic acids is 3. The van der Waals surface area contributed by atoms with Crippen molar-refractivity contribution in [3.63, 3.8) is 0 Å². The number of nitrogens with one attached hydrogen (secondary N) is 2. The van der Waals surface area contributed by atoms with Crippen molar-refractivity contribution >= 4 is 23.5 Å². The highest BCUT2D eigenvalue weighted by Crippen LogP contribution is 2.43. The summed E-state index contributed by atoms with van der Waals surface area (Å²) in [6.45, 7) is 2.74. The quantitative estimate of drug-likeness (QED) is 0.226. The molecule has 1 rings (SSSR count). The van der Waals surface area contributed by atoms with Crippen LogP contribution in [0.2, 0.25) is 0 Å². The minimum absolute atomic E-state index is 0.0968. The molecule has 0 radical (unpaired) electrons. The number of amides is 1. The second kappa shape index (κ2) is 11.7. The number of hydrogen-bond acceptors (Lipinski definition) is 8. The first-order valence-corrected chi connectivity index (χ1v) is 10.5. The van der Waals surface area contributed by atoms with Gasteiger partial charge in [-0.1, -0.05) is 13.0 Å². The van der Waals surface area contributed by atoms with E-state index < -0.39 is 78.1 Å². The van der Waals surface area contributed by atoms with E-state index in [4.69, 9.17) is 4.74 Å². The van der Waals surface area contributed by atoms with Gasteiger partial charge in [-0.05, 0) is 32.4 Å². The maximum Gasteiger partial charge on any atom is 0.441 e. The summed E-state index contributed by atoms with van der Waals surface area (Å²) in [5, 5.41) is 13.5. The van der Waals surface area contributed by atoms with E-state index in [1.54, 1.807) is 5.32 Å². The first kappa shape index (κ1) is 30.8. The average Bonchev–Trinajstić information content (AvgIpc) is 2.76. The van der Waals surface area contributed by atoms with E-state index in [1.807, 2.05) is 0 Å². The smallest absolute Gasteiger partial charge is 0.441 e. The van der Waals surface area contributed by atoms with Crippen LogP contribution in [0.25, 0.3) is 0 Å². The zero-order chi connectivity index (χ0) is 27.9. The summed E-state index contributed by atoms with van der Waals surface area (Å²) in [4.78, 5) is 36.7. The molecule has 0 aliphatic carbocycles. The Morgan fingerprint density at radius 3 is 1.92 bits per heavy atom. The second-order valence-corrected chi connectivity index (χ2v) is 7.24. The number of ether oxygens (including phenoxy) is 3. The predicted molar refractivity (Wildman–Crippen MR) is 112 cm³/mol. The fourth-order valence-corrected chi connectivity index (χ4v) is 2.99. The van der Waals surface area contributed by atoms with E-state index in [2.05, 4.69) is 9.47 Å². The van der Waals surface area contributed by atoms with Crippen LogP contribution in [-0.4, -0.2) is 61.3 Å². The third-order valence-electron chi connectivity index (χ3n) is 4.73. The molecule has 0 saturated carbocycles. The highest BCUT2D eigenvalue weighted by molar-refractivity contribution is 5.92. The summed E-state index contributed by atoms with van der Waals surface area (Å²) in [5.74, 6) is -5.93. The van der Waals surface area contributed by atoms with Gasteiger partial charge in [0, 0.05) is 12.0 Å². The minimum Gasteiger partial charge on any atom is -0.495 e. The van der Waals surface area contributed by atoms with Crippen molar-refractivity contribution in [1.29, 1.82) is 0 Å². The molecular weight excluding hydrogens is 506 g/mol. The van der Waals surface area contributed by atoms with E-state index in [9.17, 15) is 45.8 Å². The largest absolute Gasteiger partial charge is 0.495 e. The molecule has 0 fully saturated rings. The zero-order valence-corrected chi connectivity index (χ0v) is 19.7. The topological polar surface area (TPSA) is 123 Å². The molecule has 1 amide bonds. The summed E-state index contributed by atoms with van der Waals surface area (Å²) in [7, 11) is 0.955. The molecule has 1 aromatic carbocycles. The number of carbonyl (C=O) groups is 3. The molecule has 9 nitrogen and oxygen atoms in total. The third kappa shape index (κ3) is 6.12. The number of halogens is 6. The fraction of sp³-hybridized carbons (Fsp3) is 0.571. The molecule has 0 aromatic heterocycles. The number of aliphatic hydroxyl groups is 1. The maximum absolute atomic E-state index is 14.3. The molecule has 0 saturated heterocycles. The normalized spacial score (nSPS) is 15.2. The van der Waals surface area contributed by atoms with Crippen LogP contribution in [0.15, 0.2) is 18.2 Å². The van der Waals surface area contributed by atoms with Gasteiger partial charge in [0.2, 0.25) is 5.91 Å². The molecule has 36 heavy (non-hydrogen) atoms. The average molecular weight is 532 g/mol. The van der Waals surface area contributed by atoms with Gasteiger partial charge in [-0.3, -0.25) is 4.79 Å². The van der Waals surface area contributed by atoms with Crippen molar-refractivity contribution in [2.75, 3.05) is 25.6 Å².